The zero-order chi connectivity index (χ0) is 12.5. The average molecular weight is 255 g/mol. The van der Waals surface area contributed by atoms with Gasteiger partial charge in [-0.1, -0.05) is 19.9 Å². The second-order valence-electron chi connectivity index (χ2n) is 4.26. The van der Waals surface area contributed by atoms with Gasteiger partial charge in [-0.25, -0.2) is 0 Å². The van der Waals surface area contributed by atoms with E-state index in [0.717, 1.165) is 19.4 Å². The van der Waals surface area contributed by atoms with Gasteiger partial charge in [0.25, 0.3) is 0 Å². The molecule has 3 nitrogen and oxygen atoms in total. The van der Waals surface area contributed by atoms with Crippen molar-refractivity contribution in [3.8, 4) is 0 Å². The first-order chi connectivity index (χ1) is 8.18. The maximum absolute atomic E-state index is 11.4. The van der Waals surface area contributed by atoms with Gasteiger partial charge in [-0.3, -0.25) is 4.79 Å². The Balaban J connectivity index is 1.98. The van der Waals surface area contributed by atoms with Crippen LogP contribution in [-0.4, -0.2) is 25.2 Å². The highest BCUT2D eigenvalue weighted by Crippen LogP contribution is 2.09. The Kier molecular flexibility index (Phi) is 6.89. The van der Waals surface area contributed by atoms with E-state index < -0.39 is 0 Å². The molecular weight excluding hydrogens is 234 g/mol. The highest BCUT2D eigenvalue weighted by Gasteiger charge is 2.03. The van der Waals surface area contributed by atoms with Gasteiger partial charge in [0.15, 0.2) is 0 Å². The summed E-state index contributed by atoms with van der Waals surface area (Å²) < 4.78 is 5.16. The van der Waals surface area contributed by atoms with Crippen molar-refractivity contribution in [1.29, 1.82) is 0 Å². The Morgan fingerprint density at radius 3 is 3.00 bits per heavy atom. The summed E-state index contributed by atoms with van der Waals surface area (Å²) in [5, 5.41) is 5.31. The molecule has 0 aliphatic heterocycles. The molecule has 0 saturated heterocycles. The fraction of sp³-hybridized carbons (Fsp3) is 0.615. The summed E-state index contributed by atoms with van der Waals surface area (Å²) in [7, 11) is 0. The van der Waals surface area contributed by atoms with Gasteiger partial charge in [-0.2, -0.15) is 0 Å². The largest absolute Gasteiger partial charge is 0.465 e. The third-order valence-electron chi connectivity index (χ3n) is 2.30. The zero-order valence-electron chi connectivity index (χ0n) is 10.6. The predicted octanol–water partition coefficient (Wildman–Crippen LogP) is 2.61. The molecule has 96 valence electrons. The SMILES string of the molecule is CC(C)NCCCC(=O)OCCc1cccs1. The molecule has 1 rings (SSSR count). The first-order valence-electron chi connectivity index (χ1n) is 6.10. The first kappa shape index (κ1) is 14.2. The minimum Gasteiger partial charge on any atom is -0.465 e. The van der Waals surface area contributed by atoms with Gasteiger partial charge in [0.05, 0.1) is 6.61 Å². The summed E-state index contributed by atoms with van der Waals surface area (Å²) in [6.07, 6.45) is 2.17. The molecule has 1 aromatic heterocycles. The molecule has 0 fully saturated rings. The Labute approximate surface area is 107 Å². The minimum absolute atomic E-state index is 0.0906. The number of thiophene rings is 1. The number of nitrogens with one attached hydrogen (secondary N) is 1. The summed E-state index contributed by atoms with van der Waals surface area (Å²) in [6.45, 7) is 5.56. The third kappa shape index (κ3) is 7.13. The predicted molar refractivity (Wildman–Crippen MR) is 71.4 cm³/mol. The standard InChI is InChI=1S/C13H21NO2S/c1-11(2)14-8-3-6-13(15)16-9-7-12-5-4-10-17-12/h4-5,10-11,14H,3,6-9H2,1-2H3. The van der Waals surface area contributed by atoms with E-state index in [2.05, 4.69) is 25.2 Å². The van der Waals surface area contributed by atoms with E-state index in [9.17, 15) is 4.79 Å². The number of esters is 1. The molecule has 0 atom stereocenters. The van der Waals surface area contributed by atoms with E-state index >= 15 is 0 Å². The lowest BCUT2D eigenvalue weighted by Crippen LogP contribution is -2.24. The number of carbonyl (C=O) groups excluding carboxylic acids is 1. The maximum atomic E-state index is 11.4. The lowest BCUT2D eigenvalue weighted by Gasteiger charge is -2.07. The lowest BCUT2D eigenvalue weighted by atomic mass is 10.3. The van der Waals surface area contributed by atoms with Crippen LogP contribution in [0.2, 0.25) is 0 Å². The number of ether oxygens (including phenoxy) is 1. The van der Waals surface area contributed by atoms with E-state index in [4.69, 9.17) is 4.74 Å². The fourth-order valence-corrected chi connectivity index (χ4v) is 2.11. The second-order valence-corrected chi connectivity index (χ2v) is 5.29. The molecule has 1 aromatic rings. The van der Waals surface area contributed by atoms with Crippen molar-refractivity contribution in [2.45, 2.75) is 39.2 Å². The number of hydrogen-bond acceptors (Lipinski definition) is 4. The van der Waals surface area contributed by atoms with Crippen LogP contribution in [-0.2, 0) is 16.0 Å². The van der Waals surface area contributed by atoms with Gasteiger partial charge in [-0.15, -0.1) is 11.3 Å². The molecule has 0 aromatic carbocycles. The first-order valence-corrected chi connectivity index (χ1v) is 6.98. The molecule has 1 heterocycles. The van der Waals surface area contributed by atoms with Gasteiger partial charge in [-0.05, 0) is 24.4 Å². The molecule has 0 saturated carbocycles. The van der Waals surface area contributed by atoms with Crippen LogP contribution in [0.5, 0.6) is 0 Å². The van der Waals surface area contributed by atoms with Crippen molar-refractivity contribution in [2.75, 3.05) is 13.2 Å². The molecule has 17 heavy (non-hydrogen) atoms. The monoisotopic (exact) mass is 255 g/mol. The second kappa shape index (κ2) is 8.25. The van der Waals surface area contributed by atoms with Gasteiger partial charge in [0, 0.05) is 23.8 Å². The van der Waals surface area contributed by atoms with Crippen LogP contribution in [0.1, 0.15) is 31.6 Å². The van der Waals surface area contributed by atoms with Crippen LogP contribution in [0.25, 0.3) is 0 Å². The van der Waals surface area contributed by atoms with Crippen molar-refractivity contribution < 1.29 is 9.53 Å². The molecule has 1 N–H and O–H groups in total. The van der Waals surface area contributed by atoms with Gasteiger partial charge in [0.1, 0.15) is 0 Å². The molecule has 0 aliphatic carbocycles. The Morgan fingerprint density at radius 1 is 1.53 bits per heavy atom. The highest BCUT2D eigenvalue weighted by molar-refractivity contribution is 7.09. The van der Waals surface area contributed by atoms with E-state index in [1.54, 1.807) is 11.3 Å². The quantitative estimate of drug-likeness (QED) is 0.573. The van der Waals surface area contributed by atoms with Crippen LogP contribution in [0.15, 0.2) is 17.5 Å². The normalized spacial score (nSPS) is 10.8. The maximum Gasteiger partial charge on any atom is 0.305 e. The van der Waals surface area contributed by atoms with Crippen molar-refractivity contribution in [1.82, 2.24) is 5.32 Å². The smallest absolute Gasteiger partial charge is 0.305 e. The zero-order valence-corrected chi connectivity index (χ0v) is 11.4. The van der Waals surface area contributed by atoms with Crippen LogP contribution < -0.4 is 5.32 Å². The summed E-state index contributed by atoms with van der Waals surface area (Å²) in [6, 6.07) is 4.55. The van der Waals surface area contributed by atoms with Gasteiger partial charge < -0.3 is 10.1 Å². The molecule has 0 bridgehead atoms. The van der Waals surface area contributed by atoms with E-state index in [1.807, 2.05) is 11.4 Å². The topological polar surface area (TPSA) is 38.3 Å². The molecule has 0 unspecified atom stereocenters. The minimum atomic E-state index is -0.0906. The molecule has 0 radical (unpaired) electrons. The van der Waals surface area contributed by atoms with Crippen molar-refractivity contribution in [3.05, 3.63) is 22.4 Å². The summed E-state index contributed by atoms with van der Waals surface area (Å²) in [4.78, 5) is 12.6. The highest BCUT2D eigenvalue weighted by atomic mass is 32.1. The van der Waals surface area contributed by atoms with E-state index in [-0.39, 0.29) is 5.97 Å². The van der Waals surface area contributed by atoms with Crippen molar-refractivity contribution in [3.63, 3.8) is 0 Å². The molecule has 4 heteroatoms. The van der Waals surface area contributed by atoms with Crippen LogP contribution in [0, 0.1) is 0 Å². The van der Waals surface area contributed by atoms with Crippen LogP contribution in [0.4, 0.5) is 0 Å². The van der Waals surface area contributed by atoms with Gasteiger partial charge in [0.2, 0.25) is 0 Å². The third-order valence-corrected chi connectivity index (χ3v) is 3.24. The summed E-state index contributed by atoms with van der Waals surface area (Å²) in [5.41, 5.74) is 0. The molecular formula is C13H21NO2S. The molecule has 0 amide bonds. The molecule has 0 aliphatic rings. The van der Waals surface area contributed by atoms with E-state index in [0.29, 0.717) is 19.1 Å². The average Bonchev–Trinajstić information content (AvgIpc) is 2.77. The Bertz CT molecular complexity index is 309. The Morgan fingerprint density at radius 2 is 2.35 bits per heavy atom. The fourth-order valence-electron chi connectivity index (χ4n) is 1.42. The van der Waals surface area contributed by atoms with Gasteiger partial charge >= 0.3 is 5.97 Å². The lowest BCUT2D eigenvalue weighted by molar-refractivity contribution is -0.143. The number of carbonyl (C=O) groups is 1. The van der Waals surface area contributed by atoms with Crippen molar-refractivity contribution in [2.24, 2.45) is 0 Å². The summed E-state index contributed by atoms with van der Waals surface area (Å²) in [5.74, 6) is -0.0906. The van der Waals surface area contributed by atoms with Crippen molar-refractivity contribution >= 4 is 17.3 Å². The van der Waals surface area contributed by atoms with Crippen LogP contribution >= 0.6 is 11.3 Å². The van der Waals surface area contributed by atoms with Crippen LogP contribution in [0.3, 0.4) is 0 Å². The number of hydrogen-bond donors (Lipinski definition) is 1. The molecule has 0 spiro atoms. The summed E-state index contributed by atoms with van der Waals surface area (Å²) >= 11 is 1.70. The number of rotatable bonds is 8. The van der Waals surface area contributed by atoms with E-state index in [1.165, 1.54) is 4.88 Å². The Hall–Kier alpha value is -0.870.